The van der Waals surface area contributed by atoms with Crippen molar-refractivity contribution < 1.29 is 0 Å². The lowest BCUT2D eigenvalue weighted by molar-refractivity contribution is 0.0492. The van der Waals surface area contributed by atoms with Gasteiger partial charge >= 0.3 is 0 Å². The zero-order valence-electron chi connectivity index (χ0n) is 12.4. The van der Waals surface area contributed by atoms with E-state index in [1.807, 2.05) is 0 Å². The lowest BCUT2D eigenvalue weighted by Gasteiger charge is -2.45. The Morgan fingerprint density at radius 1 is 0.944 bits per heavy atom. The highest BCUT2D eigenvalue weighted by Gasteiger charge is 2.39. The lowest BCUT2D eigenvalue weighted by atomic mass is 9.76. The topological polar surface area (TPSA) is 15.3 Å². The smallest absolute Gasteiger partial charge is 0.0125 e. The highest BCUT2D eigenvalue weighted by molar-refractivity contribution is 4.97. The van der Waals surface area contributed by atoms with Crippen LogP contribution in [0.1, 0.15) is 58.8 Å². The van der Waals surface area contributed by atoms with Crippen LogP contribution < -0.4 is 5.32 Å². The van der Waals surface area contributed by atoms with E-state index in [0.29, 0.717) is 0 Å². The Balaban J connectivity index is 1.64. The van der Waals surface area contributed by atoms with E-state index >= 15 is 0 Å². The Bertz CT molecular complexity index is 279. The van der Waals surface area contributed by atoms with Gasteiger partial charge < -0.3 is 10.2 Å². The van der Waals surface area contributed by atoms with Gasteiger partial charge in [-0.25, -0.2) is 0 Å². The second-order valence-electron chi connectivity index (χ2n) is 7.26. The Hall–Kier alpha value is -0.0800. The van der Waals surface area contributed by atoms with Gasteiger partial charge in [0.15, 0.2) is 0 Å². The largest absolute Gasteiger partial charge is 0.311 e. The maximum absolute atomic E-state index is 3.77. The van der Waals surface area contributed by atoms with E-state index in [4.69, 9.17) is 0 Å². The van der Waals surface area contributed by atoms with Crippen LogP contribution in [0.4, 0.5) is 0 Å². The summed E-state index contributed by atoms with van der Waals surface area (Å²) in [6, 6.07) is 3.35. The predicted molar refractivity (Wildman–Crippen MR) is 76.7 cm³/mol. The van der Waals surface area contributed by atoms with Crippen LogP contribution in [-0.2, 0) is 0 Å². The fraction of sp³-hybridized carbons (Fsp3) is 1.00. The van der Waals surface area contributed by atoms with Crippen molar-refractivity contribution in [1.82, 2.24) is 10.2 Å². The molecule has 5 unspecified atom stereocenters. The minimum Gasteiger partial charge on any atom is -0.311 e. The van der Waals surface area contributed by atoms with E-state index in [-0.39, 0.29) is 0 Å². The fourth-order valence-electron chi connectivity index (χ4n) is 4.76. The Morgan fingerprint density at radius 3 is 2.28 bits per heavy atom. The molecule has 2 saturated heterocycles. The molecule has 5 atom stereocenters. The first-order chi connectivity index (χ1) is 8.65. The molecule has 0 spiro atoms. The van der Waals surface area contributed by atoms with E-state index < -0.39 is 0 Å². The summed E-state index contributed by atoms with van der Waals surface area (Å²) in [5.41, 5.74) is 0. The van der Waals surface area contributed by atoms with E-state index in [0.717, 1.165) is 36.0 Å². The first-order valence-corrected chi connectivity index (χ1v) is 8.13. The molecule has 3 aliphatic rings. The van der Waals surface area contributed by atoms with Gasteiger partial charge in [0.05, 0.1) is 0 Å². The molecule has 18 heavy (non-hydrogen) atoms. The van der Waals surface area contributed by atoms with Crippen molar-refractivity contribution in [2.45, 2.75) is 83.0 Å². The molecule has 2 aliphatic heterocycles. The molecule has 2 bridgehead atoms. The molecule has 3 fully saturated rings. The zero-order chi connectivity index (χ0) is 12.7. The SMILES string of the molecule is CC1CCCC(N(C)C2CC3CCC(C2)N3)C1C. The van der Waals surface area contributed by atoms with E-state index in [1.54, 1.807) is 0 Å². The van der Waals surface area contributed by atoms with Crippen LogP contribution in [0.5, 0.6) is 0 Å². The molecule has 1 N–H and O–H groups in total. The van der Waals surface area contributed by atoms with E-state index in [1.165, 1.54) is 44.9 Å². The van der Waals surface area contributed by atoms with Crippen molar-refractivity contribution in [2.24, 2.45) is 11.8 Å². The summed E-state index contributed by atoms with van der Waals surface area (Å²) in [5.74, 6) is 1.81. The predicted octanol–water partition coefficient (Wildman–Crippen LogP) is 3.03. The third-order valence-electron chi connectivity index (χ3n) is 6.21. The van der Waals surface area contributed by atoms with Gasteiger partial charge in [-0.3, -0.25) is 0 Å². The average molecular weight is 250 g/mol. The molecular formula is C16H30N2. The van der Waals surface area contributed by atoms with Crippen molar-refractivity contribution in [2.75, 3.05) is 7.05 Å². The number of hydrogen-bond donors (Lipinski definition) is 1. The molecule has 104 valence electrons. The first kappa shape index (κ1) is 12.9. The number of nitrogens with one attached hydrogen (secondary N) is 1. The fourth-order valence-corrected chi connectivity index (χ4v) is 4.76. The monoisotopic (exact) mass is 250 g/mol. The van der Waals surface area contributed by atoms with Crippen molar-refractivity contribution in [3.63, 3.8) is 0 Å². The van der Waals surface area contributed by atoms with Crippen LogP contribution in [0.25, 0.3) is 0 Å². The summed E-state index contributed by atoms with van der Waals surface area (Å²) < 4.78 is 0. The molecule has 0 aromatic heterocycles. The number of piperidine rings is 1. The number of rotatable bonds is 2. The van der Waals surface area contributed by atoms with Crippen molar-refractivity contribution in [3.8, 4) is 0 Å². The van der Waals surface area contributed by atoms with Crippen LogP contribution in [0.3, 0.4) is 0 Å². The van der Waals surface area contributed by atoms with Gasteiger partial charge in [0.2, 0.25) is 0 Å². The van der Waals surface area contributed by atoms with Crippen LogP contribution >= 0.6 is 0 Å². The number of hydrogen-bond acceptors (Lipinski definition) is 2. The maximum Gasteiger partial charge on any atom is 0.0125 e. The van der Waals surface area contributed by atoms with Gasteiger partial charge in [0, 0.05) is 24.2 Å². The molecule has 1 aliphatic carbocycles. The molecule has 2 nitrogen and oxygen atoms in total. The second kappa shape index (κ2) is 5.13. The minimum atomic E-state index is 0.826. The molecular weight excluding hydrogens is 220 g/mol. The third-order valence-corrected chi connectivity index (χ3v) is 6.21. The van der Waals surface area contributed by atoms with Gasteiger partial charge in [-0.2, -0.15) is 0 Å². The Morgan fingerprint density at radius 2 is 1.61 bits per heavy atom. The van der Waals surface area contributed by atoms with Gasteiger partial charge in [0.25, 0.3) is 0 Å². The summed E-state index contributed by atoms with van der Waals surface area (Å²) in [4.78, 5) is 2.77. The summed E-state index contributed by atoms with van der Waals surface area (Å²) in [6.45, 7) is 4.94. The van der Waals surface area contributed by atoms with Gasteiger partial charge in [-0.1, -0.05) is 26.7 Å². The minimum absolute atomic E-state index is 0.826. The number of fused-ring (bicyclic) bond motifs is 2. The maximum atomic E-state index is 3.77. The van der Waals surface area contributed by atoms with Gasteiger partial charge in [0.1, 0.15) is 0 Å². The molecule has 2 heterocycles. The summed E-state index contributed by atoms with van der Waals surface area (Å²) >= 11 is 0. The average Bonchev–Trinajstić information content (AvgIpc) is 2.71. The molecule has 2 heteroatoms. The van der Waals surface area contributed by atoms with Crippen LogP contribution in [0.2, 0.25) is 0 Å². The Kier molecular flexibility index (Phi) is 3.68. The van der Waals surface area contributed by atoms with Crippen LogP contribution in [-0.4, -0.2) is 36.1 Å². The zero-order valence-corrected chi connectivity index (χ0v) is 12.4. The quantitative estimate of drug-likeness (QED) is 0.810. The second-order valence-corrected chi connectivity index (χ2v) is 7.26. The van der Waals surface area contributed by atoms with Gasteiger partial charge in [-0.05, 0) is 51.0 Å². The Labute approximate surface area is 113 Å². The standard InChI is InChI=1S/C16H30N2/c1-11-5-4-6-16(12(11)2)18(3)15-9-13-7-8-14(10-15)17-13/h11-17H,4-10H2,1-3H3. The highest BCUT2D eigenvalue weighted by Crippen LogP contribution is 2.36. The summed E-state index contributed by atoms with van der Waals surface area (Å²) in [7, 11) is 2.41. The van der Waals surface area contributed by atoms with Crippen LogP contribution in [0.15, 0.2) is 0 Å². The molecule has 0 aromatic rings. The van der Waals surface area contributed by atoms with Crippen molar-refractivity contribution in [1.29, 1.82) is 0 Å². The summed E-state index contributed by atoms with van der Waals surface area (Å²) in [5, 5.41) is 3.77. The van der Waals surface area contributed by atoms with E-state index in [2.05, 4.69) is 31.1 Å². The van der Waals surface area contributed by atoms with Gasteiger partial charge in [-0.15, -0.1) is 0 Å². The molecule has 0 aromatic carbocycles. The highest BCUT2D eigenvalue weighted by atomic mass is 15.2. The lowest BCUT2D eigenvalue weighted by Crippen LogP contribution is -2.52. The van der Waals surface area contributed by atoms with E-state index in [9.17, 15) is 0 Å². The molecule has 3 rings (SSSR count). The number of nitrogens with zero attached hydrogens (tertiary/aromatic N) is 1. The third kappa shape index (κ3) is 2.34. The molecule has 1 saturated carbocycles. The molecule has 0 amide bonds. The van der Waals surface area contributed by atoms with Crippen molar-refractivity contribution in [3.05, 3.63) is 0 Å². The summed E-state index contributed by atoms with van der Waals surface area (Å²) in [6.07, 6.45) is 9.95. The first-order valence-electron chi connectivity index (χ1n) is 8.13. The van der Waals surface area contributed by atoms with Crippen molar-refractivity contribution >= 4 is 0 Å². The normalized spacial score (nSPS) is 48.7. The van der Waals surface area contributed by atoms with Crippen LogP contribution in [0, 0.1) is 11.8 Å². The molecule has 0 radical (unpaired) electrons.